The Balaban J connectivity index is 0.966. The number of fused-ring (bicyclic) bond motifs is 14. The standard InChI is InChI=1S/C52H30O2/c1-2-9-32-26-35(17-16-31(32)8-1)37-19-22-42-41-21-18-36(28-46(41)39-12-3-4-13-40(39)47(42)29-37)33-10-7-11-34(27-33)38-20-25-50-48(30-38)45-24-23-44-43-14-5-6-15-49(43)53-51(44)52(45)54-50/h1-30H. The highest BCUT2D eigenvalue weighted by Crippen LogP contribution is 2.42. The van der Waals surface area contributed by atoms with Gasteiger partial charge in [0.2, 0.25) is 0 Å². The summed E-state index contributed by atoms with van der Waals surface area (Å²) in [6.07, 6.45) is 0. The van der Waals surface area contributed by atoms with E-state index in [2.05, 4.69) is 164 Å². The van der Waals surface area contributed by atoms with Gasteiger partial charge >= 0.3 is 0 Å². The van der Waals surface area contributed by atoms with E-state index in [4.69, 9.17) is 8.83 Å². The normalized spacial score (nSPS) is 12.1. The molecule has 0 aliphatic rings. The van der Waals surface area contributed by atoms with E-state index in [0.29, 0.717) is 0 Å². The van der Waals surface area contributed by atoms with Crippen LogP contribution in [0, 0.1) is 0 Å². The molecule has 0 bridgehead atoms. The molecule has 54 heavy (non-hydrogen) atoms. The molecule has 0 aliphatic heterocycles. The molecule has 0 saturated carbocycles. The molecule has 0 fully saturated rings. The molecule has 2 heteroatoms. The van der Waals surface area contributed by atoms with Crippen molar-refractivity contribution in [1.29, 1.82) is 0 Å². The fraction of sp³-hybridized carbons (Fsp3) is 0. The van der Waals surface area contributed by atoms with E-state index in [1.165, 1.54) is 70.9 Å². The maximum atomic E-state index is 6.44. The zero-order chi connectivity index (χ0) is 35.3. The summed E-state index contributed by atoms with van der Waals surface area (Å²) >= 11 is 0. The first-order chi connectivity index (χ1) is 26.7. The highest BCUT2D eigenvalue weighted by Gasteiger charge is 2.17. The van der Waals surface area contributed by atoms with Crippen LogP contribution >= 0.6 is 0 Å². The summed E-state index contributed by atoms with van der Waals surface area (Å²) in [5.41, 5.74) is 10.5. The molecule has 2 nitrogen and oxygen atoms in total. The minimum absolute atomic E-state index is 0.797. The van der Waals surface area contributed by atoms with Crippen LogP contribution < -0.4 is 0 Å². The van der Waals surface area contributed by atoms with Crippen molar-refractivity contribution in [2.45, 2.75) is 0 Å². The average molecular weight is 687 g/mol. The topological polar surface area (TPSA) is 26.3 Å². The first-order valence-corrected chi connectivity index (χ1v) is 18.5. The van der Waals surface area contributed by atoms with Crippen molar-refractivity contribution in [2.24, 2.45) is 0 Å². The van der Waals surface area contributed by atoms with Gasteiger partial charge in [0.05, 0.1) is 0 Å². The van der Waals surface area contributed by atoms with E-state index in [-0.39, 0.29) is 0 Å². The predicted molar refractivity (Wildman–Crippen MR) is 227 cm³/mol. The van der Waals surface area contributed by atoms with Gasteiger partial charge in [0, 0.05) is 21.5 Å². The monoisotopic (exact) mass is 686 g/mol. The lowest BCUT2D eigenvalue weighted by atomic mass is 9.90. The van der Waals surface area contributed by atoms with Gasteiger partial charge in [0.15, 0.2) is 11.2 Å². The molecule has 0 atom stereocenters. The van der Waals surface area contributed by atoms with E-state index >= 15 is 0 Å². The Labute approximate surface area is 310 Å². The fourth-order valence-corrected chi connectivity index (χ4v) is 8.76. The number of benzene rings is 10. The summed E-state index contributed by atoms with van der Waals surface area (Å²) < 4.78 is 12.7. The highest BCUT2D eigenvalue weighted by atomic mass is 16.4. The Morgan fingerprint density at radius 3 is 1.35 bits per heavy atom. The Bertz CT molecular complexity index is 3490. The molecule has 0 unspecified atom stereocenters. The lowest BCUT2D eigenvalue weighted by Gasteiger charge is -2.14. The summed E-state index contributed by atoms with van der Waals surface area (Å²) in [4.78, 5) is 0. The largest absolute Gasteiger partial charge is 0.452 e. The SMILES string of the molecule is c1cc(-c2ccc3oc4c(ccc5c6ccccc6oc54)c3c2)cc(-c2ccc3c4ccc(-c5ccc6ccccc6c5)cc4c4ccccc4c3c2)c1. The lowest BCUT2D eigenvalue weighted by Crippen LogP contribution is -1.87. The van der Waals surface area contributed by atoms with Gasteiger partial charge in [0.25, 0.3) is 0 Å². The Hall–Kier alpha value is -7.16. The molecule has 0 saturated heterocycles. The summed E-state index contributed by atoms with van der Waals surface area (Å²) in [5.74, 6) is 0. The minimum atomic E-state index is 0.797. The van der Waals surface area contributed by atoms with Gasteiger partial charge in [0.1, 0.15) is 11.2 Å². The smallest absolute Gasteiger partial charge is 0.178 e. The maximum absolute atomic E-state index is 6.44. The first-order valence-electron chi connectivity index (χ1n) is 18.5. The molecule has 2 aromatic heterocycles. The molecule has 0 amide bonds. The van der Waals surface area contributed by atoms with Crippen molar-refractivity contribution in [3.05, 3.63) is 182 Å². The fourth-order valence-electron chi connectivity index (χ4n) is 8.76. The number of rotatable bonds is 3. The van der Waals surface area contributed by atoms with Crippen LogP contribution in [0.1, 0.15) is 0 Å². The number of hydrogen-bond acceptors (Lipinski definition) is 2. The maximum Gasteiger partial charge on any atom is 0.178 e. The molecular formula is C52H30O2. The molecule has 0 spiro atoms. The number of para-hydroxylation sites is 1. The molecule has 2 heterocycles. The zero-order valence-electron chi connectivity index (χ0n) is 29.1. The second kappa shape index (κ2) is 11.2. The van der Waals surface area contributed by atoms with Crippen LogP contribution in [0.5, 0.6) is 0 Å². The van der Waals surface area contributed by atoms with Crippen LogP contribution in [0.4, 0.5) is 0 Å². The quantitative estimate of drug-likeness (QED) is 0.173. The van der Waals surface area contributed by atoms with Crippen molar-refractivity contribution in [3.8, 4) is 33.4 Å². The minimum Gasteiger partial charge on any atom is -0.452 e. The second-order valence-electron chi connectivity index (χ2n) is 14.4. The third kappa shape index (κ3) is 4.34. The summed E-state index contributed by atoms with van der Waals surface area (Å²) in [6, 6.07) is 66.0. The third-order valence-electron chi connectivity index (χ3n) is 11.4. The van der Waals surface area contributed by atoms with Gasteiger partial charge in [-0.05, 0) is 131 Å². The summed E-state index contributed by atoms with van der Waals surface area (Å²) in [6.45, 7) is 0. The number of furan rings is 2. The van der Waals surface area contributed by atoms with Crippen LogP contribution in [0.15, 0.2) is 191 Å². The van der Waals surface area contributed by atoms with Crippen LogP contribution in [0.25, 0.3) is 120 Å². The third-order valence-corrected chi connectivity index (χ3v) is 11.4. The van der Waals surface area contributed by atoms with Gasteiger partial charge in [-0.25, -0.2) is 0 Å². The van der Waals surface area contributed by atoms with Gasteiger partial charge < -0.3 is 8.83 Å². The van der Waals surface area contributed by atoms with Crippen molar-refractivity contribution >= 4 is 87.0 Å². The van der Waals surface area contributed by atoms with Crippen molar-refractivity contribution < 1.29 is 8.83 Å². The molecule has 250 valence electrons. The van der Waals surface area contributed by atoms with E-state index in [0.717, 1.165) is 49.4 Å². The first kappa shape index (κ1) is 29.4. The van der Waals surface area contributed by atoms with Crippen molar-refractivity contribution in [1.82, 2.24) is 0 Å². The van der Waals surface area contributed by atoms with Crippen LogP contribution in [-0.2, 0) is 0 Å². The van der Waals surface area contributed by atoms with Crippen molar-refractivity contribution in [2.75, 3.05) is 0 Å². The molecular weight excluding hydrogens is 657 g/mol. The van der Waals surface area contributed by atoms with Gasteiger partial charge in [-0.15, -0.1) is 0 Å². The molecule has 0 radical (unpaired) electrons. The highest BCUT2D eigenvalue weighted by molar-refractivity contribution is 6.26. The van der Waals surface area contributed by atoms with E-state index in [1.54, 1.807) is 0 Å². The Morgan fingerprint density at radius 1 is 0.222 bits per heavy atom. The van der Waals surface area contributed by atoms with E-state index in [9.17, 15) is 0 Å². The number of hydrogen-bond donors (Lipinski definition) is 0. The van der Waals surface area contributed by atoms with Gasteiger partial charge in [-0.3, -0.25) is 0 Å². The molecule has 0 N–H and O–H groups in total. The Kier molecular flexibility index (Phi) is 6.09. The lowest BCUT2D eigenvalue weighted by molar-refractivity contribution is 0.633. The summed E-state index contributed by atoms with van der Waals surface area (Å²) in [5, 5.41) is 14.5. The van der Waals surface area contributed by atoms with Gasteiger partial charge in [-0.1, -0.05) is 127 Å². The van der Waals surface area contributed by atoms with Gasteiger partial charge in [-0.2, -0.15) is 0 Å². The molecule has 0 aliphatic carbocycles. The Morgan fingerprint density at radius 2 is 0.667 bits per heavy atom. The van der Waals surface area contributed by atoms with E-state index in [1.807, 2.05) is 18.2 Å². The zero-order valence-corrected chi connectivity index (χ0v) is 29.1. The average Bonchev–Trinajstić information content (AvgIpc) is 3.82. The molecule has 12 aromatic rings. The van der Waals surface area contributed by atoms with Crippen LogP contribution in [0.2, 0.25) is 0 Å². The van der Waals surface area contributed by atoms with Crippen LogP contribution in [-0.4, -0.2) is 0 Å². The molecule has 10 aromatic carbocycles. The summed E-state index contributed by atoms with van der Waals surface area (Å²) in [7, 11) is 0. The van der Waals surface area contributed by atoms with E-state index < -0.39 is 0 Å². The van der Waals surface area contributed by atoms with Crippen LogP contribution in [0.3, 0.4) is 0 Å². The second-order valence-corrected chi connectivity index (χ2v) is 14.4. The molecule has 12 rings (SSSR count). The van der Waals surface area contributed by atoms with Crippen molar-refractivity contribution in [3.63, 3.8) is 0 Å². The predicted octanol–water partition coefficient (Wildman–Crippen LogP) is 15.1.